The fourth-order valence-corrected chi connectivity index (χ4v) is 3.05. The second-order valence-corrected chi connectivity index (χ2v) is 6.33. The van der Waals surface area contributed by atoms with Gasteiger partial charge in [0.05, 0.1) is 11.4 Å². The van der Waals surface area contributed by atoms with Gasteiger partial charge in [0.2, 0.25) is 0 Å². The Bertz CT molecular complexity index is 829. The molecule has 0 aliphatic carbocycles. The van der Waals surface area contributed by atoms with E-state index < -0.39 is 0 Å². The first-order chi connectivity index (χ1) is 12.2. The molecule has 3 heteroatoms. The molecule has 128 valence electrons. The van der Waals surface area contributed by atoms with Crippen LogP contribution in [0.1, 0.15) is 24.5 Å². The molecule has 3 N–H and O–H groups in total. The number of benzene rings is 2. The predicted octanol–water partition coefficient (Wildman–Crippen LogP) is 4.27. The summed E-state index contributed by atoms with van der Waals surface area (Å²) in [6.45, 7) is 6.03. The van der Waals surface area contributed by atoms with Gasteiger partial charge in [-0.3, -0.25) is 0 Å². The number of nitrogens with two attached hydrogens (primary N) is 1. The summed E-state index contributed by atoms with van der Waals surface area (Å²) in [6.07, 6.45) is 3.13. The van der Waals surface area contributed by atoms with Crippen LogP contribution in [0.15, 0.2) is 82.5 Å². The Morgan fingerprint density at radius 1 is 1.04 bits per heavy atom. The third-order valence-corrected chi connectivity index (χ3v) is 4.57. The van der Waals surface area contributed by atoms with E-state index >= 15 is 0 Å². The van der Waals surface area contributed by atoms with Crippen LogP contribution in [0.3, 0.4) is 0 Å². The lowest BCUT2D eigenvalue weighted by atomic mass is 9.94. The highest BCUT2D eigenvalue weighted by Crippen LogP contribution is 2.23. The lowest BCUT2D eigenvalue weighted by Crippen LogP contribution is -2.24. The molecule has 1 aliphatic heterocycles. The second-order valence-electron chi connectivity index (χ2n) is 6.33. The summed E-state index contributed by atoms with van der Waals surface area (Å²) in [6, 6.07) is 18.4. The van der Waals surface area contributed by atoms with Crippen LogP contribution in [0.2, 0.25) is 0 Å². The van der Waals surface area contributed by atoms with Crippen molar-refractivity contribution in [3.05, 3.63) is 88.6 Å². The van der Waals surface area contributed by atoms with E-state index in [9.17, 15) is 0 Å². The summed E-state index contributed by atoms with van der Waals surface area (Å²) in [4.78, 5) is 4.94. The molecule has 0 atom stereocenters. The summed E-state index contributed by atoms with van der Waals surface area (Å²) in [5.41, 5.74) is 13.8. The summed E-state index contributed by atoms with van der Waals surface area (Å²) < 4.78 is 0. The van der Waals surface area contributed by atoms with E-state index in [1.54, 1.807) is 0 Å². The Morgan fingerprint density at radius 2 is 1.76 bits per heavy atom. The number of para-hydroxylation sites is 1. The first kappa shape index (κ1) is 17.2. The number of aliphatic imine (C=N–C) groups is 1. The van der Waals surface area contributed by atoms with Gasteiger partial charge in [-0.25, -0.2) is 4.99 Å². The third-order valence-electron chi connectivity index (χ3n) is 4.57. The van der Waals surface area contributed by atoms with Gasteiger partial charge in [-0.15, -0.1) is 0 Å². The monoisotopic (exact) mass is 331 g/mol. The maximum absolute atomic E-state index is 6.54. The Labute approximate surface area is 150 Å². The van der Waals surface area contributed by atoms with E-state index in [0.717, 1.165) is 47.7 Å². The number of hydrogen-bond donors (Lipinski definition) is 2. The van der Waals surface area contributed by atoms with Crippen molar-refractivity contribution in [3.8, 4) is 0 Å². The quantitative estimate of drug-likeness (QED) is 0.822. The van der Waals surface area contributed by atoms with E-state index in [1.165, 1.54) is 11.1 Å². The zero-order valence-electron chi connectivity index (χ0n) is 14.9. The largest absolute Gasteiger partial charge is 0.398 e. The van der Waals surface area contributed by atoms with Crippen molar-refractivity contribution >= 4 is 11.4 Å². The second kappa shape index (κ2) is 7.95. The van der Waals surface area contributed by atoms with E-state index in [4.69, 9.17) is 10.7 Å². The zero-order chi connectivity index (χ0) is 17.6. The number of nitrogens with one attached hydrogen (secondary N) is 1. The Balaban J connectivity index is 2.13. The van der Waals surface area contributed by atoms with Crippen LogP contribution in [-0.2, 0) is 0 Å². The average Bonchev–Trinajstić information content (AvgIpc) is 2.67. The lowest BCUT2D eigenvalue weighted by molar-refractivity contribution is 0.705. The van der Waals surface area contributed by atoms with Crippen molar-refractivity contribution in [2.75, 3.05) is 13.1 Å². The molecule has 25 heavy (non-hydrogen) atoms. The summed E-state index contributed by atoms with van der Waals surface area (Å²) >= 11 is 0. The van der Waals surface area contributed by atoms with E-state index in [2.05, 4.69) is 49.5 Å². The minimum Gasteiger partial charge on any atom is -0.398 e. The molecular formula is C22H25N3. The number of nitrogens with zero attached hydrogens (tertiary/aromatic N) is 1. The normalized spacial score (nSPS) is 16.2. The van der Waals surface area contributed by atoms with Gasteiger partial charge in [0.25, 0.3) is 0 Å². The first-order valence-corrected chi connectivity index (χ1v) is 8.73. The van der Waals surface area contributed by atoms with Crippen molar-refractivity contribution < 1.29 is 0 Å². The molecule has 0 saturated carbocycles. The average molecular weight is 331 g/mol. The molecule has 0 fully saturated rings. The van der Waals surface area contributed by atoms with Crippen LogP contribution >= 0.6 is 0 Å². The Hall–Kier alpha value is -2.65. The third kappa shape index (κ3) is 4.06. The number of rotatable bonds is 4. The van der Waals surface area contributed by atoms with Gasteiger partial charge >= 0.3 is 0 Å². The van der Waals surface area contributed by atoms with Crippen molar-refractivity contribution in [1.82, 2.24) is 5.32 Å². The van der Waals surface area contributed by atoms with E-state index in [1.807, 2.05) is 30.3 Å². The smallest absolute Gasteiger partial charge is 0.0761 e. The maximum Gasteiger partial charge on any atom is 0.0761 e. The zero-order valence-corrected chi connectivity index (χ0v) is 14.9. The highest BCUT2D eigenvalue weighted by atomic mass is 14.9. The molecule has 0 spiro atoms. The number of aryl methyl sites for hydroxylation is 1. The molecule has 0 unspecified atom stereocenters. The van der Waals surface area contributed by atoms with Crippen molar-refractivity contribution in [2.24, 2.45) is 10.7 Å². The van der Waals surface area contributed by atoms with Crippen LogP contribution in [-0.4, -0.2) is 18.8 Å². The molecule has 0 aromatic heterocycles. The van der Waals surface area contributed by atoms with Crippen molar-refractivity contribution in [3.63, 3.8) is 0 Å². The molecule has 1 heterocycles. The van der Waals surface area contributed by atoms with Crippen LogP contribution in [0, 0.1) is 6.92 Å². The highest BCUT2D eigenvalue weighted by molar-refractivity contribution is 6.14. The van der Waals surface area contributed by atoms with Crippen molar-refractivity contribution in [2.45, 2.75) is 20.3 Å². The minimum atomic E-state index is 0.847. The summed E-state index contributed by atoms with van der Waals surface area (Å²) in [5, 5.41) is 3.33. The molecular weight excluding hydrogens is 306 g/mol. The fourth-order valence-electron chi connectivity index (χ4n) is 3.05. The van der Waals surface area contributed by atoms with Gasteiger partial charge < -0.3 is 11.1 Å². The first-order valence-electron chi connectivity index (χ1n) is 8.73. The molecule has 3 rings (SSSR count). The van der Waals surface area contributed by atoms with Crippen LogP contribution in [0.4, 0.5) is 5.69 Å². The standard InChI is InChI=1S/C22H25N3/c1-16-8-6-7-11-20(16)22(25-19-9-4-3-5-10-19)17(2)21(23)18-12-14-24-15-13-18/h3-12,24H,13-15,23H2,1-2H3/b21-17-,25-22?. The van der Waals surface area contributed by atoms with Gasteiger partial charge in [-0.1, -0.05) is 48.5 Å². The molecule has 1 aliphatic rings. The van der Waals surface area contributed by atoms with E-state index in [-0.39, 0.29) is 0 Å². The number of allylic oxidation sites excluding steroid dienone is 2. The van der Waals surface area contributed by atoms with Gasteiger partial charge in [-0.2, -0.15) is 0 Å². The topological polar surface area (TPSA) is 50.4 Å². The van der Waals surface area contributed by atoms with Gasteiger partial charge in [0.15, 0.2) is 0 Å². The maximum atomic E-state index is 6.54. The van der Waals surface area contributed by atoms with E-state index in [0.29, 0.717) is 0 Å². The van der Waals surface area contributed by atoms with Crippen LogP contribution in [0.25, 0.3) is 0 Å². The molecule has 0 radical (unpaired) electrons. The Morgan fingerprint density at radius 3 is 2.44 bits per heavy atom. The molecule has 0 amide bonds. The van der Waals surface area contributed by atoms with Gasteiger partial charge in [0.1, 0.15) is 0 Å². The predicted molar refractivity (Wildman–Crippen MR) is 106 cm³/mol. The SMILES string of the molecule is C/C(C(=Nc1ccccc1)c1ccccc1C)=C(/N)C1=CCNCC1. The van der Waals surface area contributed by atoms with Crippen molar-refractivity contribution in [1.29, 1.82) is 0 Å². The van der Waals surface area contributed by atoms with Gasteiger partial charge in [0, 0.05) is 17.8 Å². The fraction of sp³-hybridized carbons (Fsp3) is 0.227. The minimum absolute atomic E-state index is 0.847. The number of hydrogen-bond acceptors (Lipinski definition) is 3. The molecule has 3 nitrogen and oxygen atoms in total. The summed E-state index contributed by atoms with van der Waals surface area (Å²) in [5.74, 6) is 0. The highest BCUT2D eigenvalue weighted by Gasteiger charge is 2.15. The molecule has 0 bridgehead atoms. The van der Waals surface area contributed by atoms with Gasteiger partial charge in [-0.05, 0) is 55.7 Å². The molecule has 2 aromatic carbocycles. The molecule has 0 saturated heterocycles. The van der Waals surface area contributed by atoms with Crippen LogP contribution in [0.5, 0.6) is 0 Å². The van der Waals surface area contributed by atoms with Crippen LogP contribution < -0.4 is 11.1 Å². The summed E-state index contributed by atoms with van der Waals surface area (Å²) in [7, 11) is 0. The Kier molecular flexibility index (Phi) is 5.46. The lowest BCUT2D eigenvalue weighted by Gasteiger charge is -2.18. The molecule has 2 aromatic rings.